The molecule has 1 amide bonds. The van der Waals surface area contributed by atoms with Gasteiger partial charge in [-0.2, -0.15) is 5.10 Å². The molecule has 0 bridgehead atoms. The van der Waals surface area contributed by atoms with Crippen molar-refractivity contribution in [3.63, 3.8) is 0 Å². The van der Waals surface area contributed by atoms with Gasteiger partial charge in [0.05, 0.1) is 23.3 Å². The molecular formula is C24H22ClN3O2S. The van der Waals surface area contributed by atoms with Crippen LogP contribution >= 0.6 is 22.9 Å². The van der Waals surface area contributed by atoms with Crippen LogP contribution in [-0.4, -0.2) is 15.7 Å². The van der Waals surface area contributed by atoms with Gasteiger partial charge in [0.25, 0.3) is 5.91 Å². The van der Waals surface area contributed by atoms with Gasteiger partial charge in [-0.25, -0.2) is 0 Å². The van der Waals surface area contributed by atoms with Gasteiger partial charge in [-0.3, -0.25) is 9.48 Å². The summed E-state index contributed by atoms with van der Waals surface area (Å²) in [5.74, 6) is 0.738. The molecule has 0 atom stereocenters. The van der Waals surface area contributed by atoms with Crippen molar-refractivity contribution in [2.45, 2.75) is 27.0 Å². The van der Waals surface area contributed by atoms with Crippen LogP contribution < -0.4 is 10.1 Å². The first-order chi connectivity index (χ1) is 15.0. The van der Waals surface area contributed by atoms with E-state index in [1.54, 1.807) is 10.9 Å². The van der Waals surface area contributed by atoms with E-state index in [0.717, 1.165) is 28.0 Å². The first-order valence-corrected chi connectivity index (χ1v) is 11.1. The summed E-state index contributed by atoms with van der Waals surface area (Å²) in [7, 11) is 0. The topological polar surface area (TPSA) is 56.1 Å². The second-order valence-electron chi connectivity index (χ2n) is 7.34. The Kier molecular flexibility index (Phi) is 6.39. The van der Waals surface area contributed by atoms with Crippen molar-refractivity contribution in [1.29, 1.82) is 0 Å². The number of amides is 1. The van der Waals surface area contributed by atoms with E-state index in [0.29, 0.717) is 28.7 Å². The van der Waals surface area contributed by atoms with Gasteiger partial charge in [0.2, 0.25) is 0 Å². The molecule has 0 aliphatic carbocycles. The summed E-state index contributed by atoms with van der Waals surface area (Å²) in [6, 6.07) is 15.5. The van der Waals surface area contributed by atoms with E-state index in [4.69, 9.17) is 16.3 Å². The molecule has 2 aromatic heterocycles. The Morgan fingerprint density at radius 3 is 2.61 bits per heavy atom. The van der Waals surface area contributed by atoms with E-state index >= 15 is 0 Å². The monoisotopic (exact) mass is 451 g/mol. The summed E-state index contributed by atoms with van der Waals surface area (Å²) < 4.78 is 7.76. The van der Waals surface area contributed by atoms with Crippen molar-refractivity contribution in [3.05, 3.63) is 98.5 Å². The number of hydrogen-bond donors (Lipinski definition) is 1. The predicted molar refractivity (Wildman–Crippen MR) is 125 cm³/mol. The van der Waals surface area contributed by atoms with Crippen LogP contribution in [0.3, 0.4) is 0 Å². The van der Waals surface area contributed by atoms with Crippen LogP contribution in [0.5, 0.6) is 5.75 Å². The van der Waals surface area contributed by atoms with E-state index in [-0.39, 0.29) is 5.91 Å². The zero-order valence-electron chi connectivity index (χ0n) is 17.3. The van der Waals surface area contributed by atoms with Crippen LogP contribution in [0.25, 0.3) is 0 Å². The van der Waals surface area contributed by atoms with Crippen molar-refractivity contribution in [2.24, 2.45) is 0 Å². The normalized spacial score (nSPS) is 10.8. The summed E-state index contributed by atoms with van der Waals surface area (Å²) in [6.45, 7) is 5.09. The molecule has 4 rings (SSSR count). The minimum Gasteiger partial charge on any atom is -0.488 e. The summed E-state index contributed by atoms with van der Waals surface area (Å²) >= 11 is 7.32. The molecule has 2 heterocycles. The lowest BCUT2D eigenvalue weighted by atomic mass is 10.1. The molecule has 0 radical (unpaired) electrons. The Hall–Kier alpha value is -3.09. The van der Waals surface area contributed by atoms with E-state index in [1.807, 2.05) is 74.0 Å². The maximum Gasteiger partial charge on any atom is 0.265 e. The fraction of sp³-hybridized carbons (Fsp3) is 0.167. The van der Waals surface area contributed by atoms with Crippen LogP contribution in [0.2, 0.25) is 5.02 Å². The lowest BCUT2D eigenvalue weighted by Crippen LogP contribution is -2.09. The number of carbonyl (C=O) groups is 1. The number of anilines is 1. The Balaban J connectivity index is 1.35. The van der Waals surface area contributed by atoms with Gasteiger partial charge in [-0.1, -0.05) is 41.9 Å². The number of halogens is 1. The maximum atomic E-state index is 12.6. The van der Waals surface area contributed by atoms with E-state index in [1.165, 1.54) is 11.3 Å². The third-order valence-corrected chi connectivity index (χ3v) is 6.05. The minimum atomic E-state index is -0.158. The van der Waals surface area contributed by atoms with Crippen molar-refractivity contribution >= 4 is 34.5 Å². The van der Waals surface area contributed by atoms with E-state index in [2.05, 4.69) is 10.4 Å². The molecule has 31 heavy (non-hydrogen) atoms. The highest BCUT2D eigenvalue weighted by molar-refractivity contribution is 7.12. The molecule has 158 valence electrons. The largest absolute Gasteiger partial charge is 0.488 e. The molecule has 5 nitrogen and oxygen atoms in total. The quantitative estimate of drug-likeness (QED) is 0.369. The molecule has 0 saturated carbocycles. The molecule has 0 unspecified atom stereocenters. The fourth-order valence-electron chi connectivity index (χ4n) is 3.24. The predicted octanol–water partition coefficient (Wildman–Crippen LogP) is 6.09. The highest BCUT2D eigenvalue weighted by atomic mass is 35.5. The second-order valence-corrected chi connectivity index (χ2v) is 8.68. The number of para-hydroxylation sites is 1. The fourth-order valence-corrected chi connectivity index (χ4v) is 4.15. The molecule has 4 aromatic rings. The number of aryl methyl sites for hydroxylation is 2. The van der Waals surface area contributed by atoms with Crippen molar-refractivity contribution in [2.75, 3.05) is 5.32 Å². The standard InChI is InChI=1S/C24H22ClN3O2S/c1-16-4-3-5-17(2)23(16)30-14-19-10-22(31-15-19)24(29)27-21-11-26-28(13-21)12-18-6-8-20(25)9-7-18/h3-11,13,15H,12,14H2,1-2H3,(H,27,29). The molecule has 2 aromatic carbocycles. The molecule has 0 spiro atoms. The number of rotatable bonds is 7. The first-order valence-electron chi connectivity index (χ1n) is 9.82. The van der Waals surface area contributed by atoms with Gasteiger partial charge in [0, 0.05) is 16.8 Å². The smallest absolute Gasteiger partial charge is 0.265 e. The zero-order valence-corrected chi connectivity index (χ0v) is 18.8. The Morgan fingerprint density at radius 2 is 1.87 bits per heavy atom. The van der Waals surface area contributed by atoms with Crippen LogP contribution in [0.4, 0.5) is 5.69 Å². The molecule has 0 aliphatic rings. The number of benzene rings is 2. The van der Waals surface area contributed by atoms with Crippen LogP contribution in [0, 0.1) is 13.8 Å². The summed E-state index contributed by atoms with van der Waals surface area (Å²) in [4.78, 5) is 13.3. The lowest BCUT2D eigenvalue weighted by molar-refractivity contribution is 0.103. The number of thiophene rings is 1. The zero-order chi connectivity index (χ0) is 21.8. The number of hydrogen-bond acceptors (Lipinski definition) is 4. The summed E-state index contributed by atoms with van der Waals surface area (Å²) in [6.07, 6.45) is 3.46. The molecule has 0 aliphatic heterocycles. The molecule has 1 N–H and O–H groups in total. The number of nitrogens with zero attached hydrogens (tertiary/aromatic N) is 2. The minimum absolute atomic E-state index is 0.158. The van der Waals surface area contributed by atoms with Crippen molar-refractivity contribution in [3.8, 4) is 5.75 Å². The molecular weight excluding hydrogens is 430 g/mol. The molecule has 0 fully saturated rings. The van der Waals surface area contributed by atoms with Gasteiger partial charge < -0.3 is 10.1 Å². The highest BCUT2D eigenvalue weighted by Gasteiger charge is 2.12. The lowest BCUT2D eigenvalue weighted by Gasteiger charge is -2.10. The van der Waals surface area contributed by atoms with Crippen molar-refractivity contribution < 1.29 is 9.53 Å². The third kappa shape index (κ3) is 5.34. The number of carbonyl (C=O) groups excluding carboxylic acids is 1. The second kappa shape index (κ2) is 9.37. The van der Waals surface area contributed by atoms with Crippen LogP contribution in [-0.2, 0) is 13.2 Å². The van der Waals surface area contributed by atoms with Crippen LogP contribution in [0.1, 0.15) is 31.9 Å². The van der Waals surface area contributed by atoms with E-state index < -0.39 is 0 Å². The maximum absolute atomic E-state index is 12.6. The average molecular weight is 452 g/mol. The van der Waals surface area contributed by atoms with Crippen LogP contribution in [0.15, 0.2) is 66.3 Å². The third-order valence-electron chi connectivity index (χ3n) is 4.82. The van der Waals surface area contributed by atoms with Gasteiger partial charge in [-0.15, -0.1) is 11.3 Å². The number of ether oxygens (including phenoxy) is 1. The van der Waals surface area contributed by atoms with Gasteiger partial charge >= 0.3 is 0 Å². The molecule has 7 heteroatoms. The Bertz CT molecular complexity index is 1180. The number of aromatic nitrogens is 2. The average Bonchev–Trinajstić information content (AvgIpc) is 3.39. The van der Waals surface area contributed by atoms with Gasteiger partial charge in [-0.05, 0) is 54.1 Å². The molecule has 0 saturated heterocycles. The van der Waals surface area contributed by atoms with E-state index in [9.17, 15) is 4.79 Å². The number of nitrogens with one attached hydrogen (secondary N) is 1. The summed E-state index contributed by atoms with van der Waals surface area (Å²) in [5.41, 5.74) is 4.90. The van der Waals surface area contributed by atoms with Gasteiger partial charge in [0.15, 0.2) is 0 Å². The van der Waals surface area contributed by atoms with Gasteiger partial charge in [0.1, 0.15) is 12.4 Å². The van der Waals surface area contributed by atoms with Crippen molar-refractivity contribution in [1.82, 2.24) is 9.78 Å². The Morgan fingerprint density at radius 1 is 1.13 bits per heavy atom. The summed E-state index contributed by atoms with van der Waals surface area (Å²) in [5, 5.41) is 9.87. The first kappa shape index (κ1) is 21.2. The SMILES string of the molecule is Cc1cccc(C)c1OCc1csc(C(=O)Nc2cnn(Cc3ccc(Cl)cc3)c2)c1. The highest BCUT2D eigenvalue weighted by Crippen LogP contribution is 2.25. The Labute approximate surface area is 190 Å².